The fraction of sp³-hybridized carbons (Fsp3) is 0.500. The molecule has 0 unspecified atom stereocenters. The molecule has 0 fully saturated rings. The van der Waals surface area contributed by atoms with Crippen molar-refractivity contribution in [2.75, 3.05) is 0 Å². The van der Waals surface area contributed by atoms with E-state index in [-0.39, 0.29) is 27.0 Å². The second-order valence-corrected chi connectivity index (χ2v) is 6.66. The van der Waals surface area contributed by atoms with E-state index < -0.39 is 0 Å². The molecule has 0 aliphatic rings. The van der Waals surface area contributed by atoms with Crippen LogP contribution in [0.3, 0.4) is 0 Å². The molecule has 1 rings (SSSR count). The third-order valence-electron chi connectivity index (χ3n) is 2.12. The zero-order chi connectivity index (χ0) is 10.4. The molecule has 0 saturated heterocycles. The van der Waals surface area contributed by atoms with Crippen LogP contribution >= 0.6 is 0 Å². The number of rotatable bonds is 5. The van der Waals surface area contributed by atoms with E-state index in [1.54, 1.807) is 0 Å². The Balaban J connectivity index is 2.64. The Hall–Kier alpha value is -0.0304. The summed E-state index contributed by atoms with van der Waals surface area (Å²) in [5, 5.41) is 9.58. The first-order valence-corrected chi connectivity index (χ1v) is 7.96. The van der Waals surface area contributed by atoms with E-state index in [9.17, 15) is 5.11 Å². The minimum absolute atomic E-state index is 0.0744. The van der Waals surface area contributed by atoms with Gasteiger partial charge in [0.2, 0.25) is 0 Å². The maximum atomic E-state index is 9.58. The van der Waals surface area contributed by atoms with Crippen LogP contribution in [0.5, 0.6) is 0 Å². The van der Waals surface area contributed by atoms with Crippen LogP contribution < -0.4 is 3.61 Å². The van der Waals surface area contributed by atoms with Gasteiger partial charge in [0.15, 0.2) is 0 Å². The Kier molecular flexibility index (Phi) is 5.55. The molecular formula is C12H18OTe. The molecule has 1 aromatic rings. The predicted molar refractivity (Wildman–Crippen MR) is 62.2 cm³/mol. The van der Waals surface area contributed by atoms with Crippen molar-refractivity contribution in [2.24, 2.45) is 0 Å². The molecule has 0 aliphatic heterocycles. The Morgan fingerprint density at radius 3 is 2.71 bits per heavy atom. The van der Waals surface area contributed by atoms with E-state index in [0.717, 1.165) is 5.56 Å². The maximum absolute atomic E-state index is 9.58. The van der Waals surface area contributed by atoms with Crippen LogP contribution in [0.25, 0.3) is 0 Å². The van der Waals surface area contributed by atoms with Crippen LogP contribution in [0.2, 0.25) is 4.47 Å². The number of benzene rings is 1. The second kappa shape index (κ2) is 6.45. The Morgan fingerprint density at radius 1 is 1.36 bits per heavy atom. The first-order valence-electron chi connectivity index (χ1n) is 5.15. The average Bonchev–Trinajstić information content (AvgIpc) is 2.19. The van der Waals surface area contributed by atoms with Crippen LogP contribution in [0.15, 0.2) is 24.3 Å². The van der Waals surface area contributed by atoms with Crippen molar-refractivity contribution in [1.82, 2.24) is 0 Å². The van der Waals surface area contributed by atoms with E-state index in [1.807, 2.05) is 13.0 Å². The van der Waals surface area contributed by atoms with Crippen molar-refractivity contribution in [1.29, 1.82) is 0 Å². The standard InChI is InChI=1S/C12H18OTe/c1-3-4-9-14-12-8-6-5-7-11(12)10(2)13/h5-8,10,13H,3-4,9H2,1-2H3/t10-/m0/s1. The van der Waals surface area contributed by atoms with Gasteiger partial charge in [-0.1, -0.05) is 0 Å². The molecule has 14 heavy (non-hydrogen) atoms. The summed E-state index contributed by atoms with van der Waals surface area (Å²) in [6.45, 7) is 4.08. The molecule has 0 saturated carbocycles. The van der Waals surface area contributed by atoms with Crippen LogP contribution in [0.4, 0.5) is 0 Å². The van der Waals surface area contributed by atoms with E-state index in [0.29, 0.717) is 0 Å². The summed E-state index contributed by atoms with van der Waals surface area (Å²) in [6.07, 6.45) is 2.30. The van der Waals surface area contributed by atoms with E-state index in [2.05, 4.69) is 25.1 Å². The van der Waals surface area contributed by atoms with Gasteiger partial charge in [0.05, 0.1) is 0 Å². The van der Waals surface area contributed by atoms with Crippen LogP contribution in [0.1, 0.15) is 38.4 Å². The Morgan fingerprint density at radius 2 is 2.07 bits per heavy atom. The molecule has 0 radical (unpaired) electrons. The van der Waals surface area contributed by atoms with E-state index in [1.165, 1.54) is 20.9 Å². The summed E-state index contributed by atoms with van der Waals surface area (Å²) in [7, 11) is 0. The topological polar surface area (TPSA) is 20.2 Å². The first-order chi connectivity index (χ1) is 6.75. The molecule has 0 aromatic heterocycles. The molecule has 1 N–H and O–H groups in total. The molecule has 0 heterocycles. The van der Waals surface area contributed by atoms with Crippen LogP contribution in [-0.4, -0.2) is 26.0 Å². The summed E-state index contributed by atoms with van der Waals surface area (Å²) >= 11 is -0.0744. The third kappa shape index (κ3) is 3.61. The monoisotopic (exact) mass is 308 g/mol. The summed E-state index contributed by atoms with van der Waals surface area (Å²) in [5.41, 5.74) is 1.14. The van der Waals surface area contributed by atoms with E-state index in [4.69, 9.17) is 0 Å². The van der Waals surface area contributed by atoms with Gasteiger partial charge in [-0.05, 0) is 0 Å². The average molecular weight is 306 g/mol. The summed E-state index contributed by atoms with van der Waals surface area (Å²) in [6, 6.07) is 8.33. The van der Waals surface area contributed by atoms with E-state index >= 15 is 0 Å². The molecule has 1 nitrogen and oxygen atoms in total. The number of hydrogen-bond acceptors (Lipinski definition) is 1. The van der Waals surface area contributed by atoms with Crippen molar-refractivity contribution in [3.63, 3.8) is 0 Å². The summed E-state index contributed by atoms with van der Waals surface area (Å²) in [5.74, 6) is 0. The molecule has 2 heteroatoms. The van der Waals surface area contributed by atoms with Crippen LogP contribution in [0, 0.1) is 0 Å². The predicted octanol–water partition coefficient (Wildman–Crippen LogP) is 2.29. The number of aliphatic hydroxyl groups is 1. The van der Waals surface area contributed by atoms with Crippen molar-refractivity contribution in [3.05, 3.63) is 29.8 Å². The molecule has 0 spiro atoms. The van der Waals surface area contributed by atoms with Gasteiger partial charge in [-0.15, -0.1) is 0 Å². The van der Waals surface area contributed by atoms with Gasteiger partial charge in [-0.2, -0.15) is 0 Å². The Labute approximate surface area is 96.6 Å². The fourth-order valence-electron chi connectivity index (χ4n) is 1.28. The SMILES string of the molecule is CCCC[Te]c1ccccc1[C@H](C)O. The molecule has 1 aromatic carbocycles. The molecule has 1 atom stereocenters. The van der Waals surface area contributed by atoms with Gasteiger partial charge in [0.25, 0.3) is 0 Å². The zero-order valence-electron chi connectivity index (χ0n) is 8.86. The molecule has 0 amide bonds. The second-order valence-electron chi connectivity index (χ2n) is 3.42. The first kappa shape index (κ1) is 12.0. The van der Waals surface area contributed by atoms with Gasteiger partial charge in [0.1, 0.15) is 0 Å². The quantitative estimate of drug-likeness (QED) is 0.654. The number of hydrogen-bond donors (Lipinski definition) is 1. The summed E-state index contributed by atoms with van der Waals surface area (Å²) < 4.78 is 2.78. The molecule has 0 aliphatic carbocycles. The third-order valence-corrected chi connectivity index (χ3v) is 5.48. The van der Waals surface area contributed by atoms with Crippen LogP contribution in [-0.2, 0) is 0 Å². The van der Waals surface area contributed by atoms with Gasteiger partial charge >= 0.3 is 96.7 Å². The van der Waals surface area contributed by atoms with Gasteiger partial charge in [0, 0.05) is 0 Å². The molecule has 0 bridgehead atoms. The van der Waals surface area contributed by atoms with Crippen molar-refractivity contribution in [2.45, 2.75) is 37.3 Å². The van der Waals surface area contributed by atoms with Crippen molar-refractivity contribution >= 4 is 24.5 Å². The van der Waals surface area contributed by atoms with Gasteiger partial charge in [-0.3, -0.25) is 0 Å². The molecular weight excluding hydrogens is 288 g/mol. The number of aliphatic hydroxyl groups excluding tert-OH is 1. The van der Waals surface area contributed by atoms with Gasteiger partial charge < -0.3 is 0 Å². The fourth-order valence-corrected chi connectivity index (χ4v) is 4.80. The Bertz CT molecular complexity index is 271. The van der Waals surface area contributed by atoms with Gasteiger partial charge in [-0.25, -0.2) is 0 Å². The van der Waals surface area contributed by atoms with Crippen molar-refractivity contribution in [3.8, 4) is 0 Å². The number of unbranched alkanes of at least 4 members (excludes halogenated alkanes) is 1. The normalized spacial score (nSPS) is 12.8. The molecule has 78 valence electrons. The minimum atomic E-state index is -0.307. The summed E-state index contributed by atoms with van der Waals surface area (Å²) in [4.78, 5) is 0. The zero-order valence-corrected chi connectivity index (χ0v) is 11.2. The van der Waals surface area contributed by atoms with Crippen molar-refractivity contribution < 1.29 is 5.11 Å².